The lowest BCUT2D eigenvalue weighted by molar-refractivity contribution is -0.132. The predicted molar refractivity (Wildman–Crippen MR) is 105 cm³/mol. The van der Waals surface area contributed by atoms with Crippen LogP contribution in [0.1, 0.15) is 43.7 Å². The van der Waals surface area contributed by atoms with Crippen LogP contribution in [0.2, 0.25) is 0 Å². The van der Waals surface area contributed by atoms with Crippen LogP contribution in [0, 0.1) is 11.3 Å². The van der Waals surface area contributed by atoms with Crippen LogP contribution < -0.4 is 4.74 Å². The van der Waals surface area contributed by atoms with Gasteiger partial charge in [0.2, 0.25) is 5.91 Å². The van der Waals surface area contributed by atoms with E-state index >= 15 is 0 Å². The van der Waals surface area contributed by atoms with E-state index in [0.29, 0.717) is 6.54 Å². The third-order valence-corrected chi connectivity index (χ3v) is 5.69. The minimum absolute atomic E-state index is 0.0923. The van der Waals surface area contributed by atoms with E-state index in [9.17, 15) is 10.1 Å². The molecule has 4 heteroatoms. The van der Waals surface area contributed by atoms with Crippen molar-refractivity contribution < 1.29 is 9.53 Å². The highest BCUT2D eigenvalue weighted by Gasteiger charge is 2.39. The average molecular weight is 362 g/mol. The van der Waals surface area contributed by atoms with Crippen molar-refractivity contribution in [1.29, 1.82) is 5.26 Å². The number of hydrogen-bond acceptors (Lipinski definition) is 3. The topological polar surface area (TPSA) is 53.3 Å². The lowest BCUT2D eigenvalue weighted by Crippen LogP contribution is -2.43. The molecule has 0 N–H and O–H groups in total. The van der Waals surface area contributed by atoms with E-state index in [-0.39, 0.29) is 11.9 Å². The molecule has 0 heterocycles. The van der Waals surface area contributed by atoms with Gasteiger partial charge in [-0.05, 0) is 48.9 Å². The summed E-state index contributed by atoms with van der Waals surface area (Å²) in [6, 6.07) is 20.6. The Morgan fingerprint density at radius 1 is 1.19 bits per heavy atom. The SMILES string of the molecule is COc1cccc([C@]2(C#N)CC[C@@H](N(Cc3ccccc3)C(C)=O)CC2)c1. The van der Waals surface area contributed by atoms with Crippen molar-refractivity contribution in [3.8, 4) is 11.8 Å². The number of carbonyl (C=O) groups excluding carboxylic acids is 1. The highest BCUT2D eigenvalue weighted by Crippen LogP contribution is 2.41. The summed E-state index contributed by atoms with van der Waals surface area (Å²) in [5.74, 6) is 0.869. The van der Waals surface area contributed by atoms with Crippen LogP contribution in [0.25, 0.3) is 0 Å². The molecule has 1 saturated carbocycles. The van der Waals surface area contributed by atoms with Crippen molar-refractivity contribution in [2.24, 2.45) is 0 Å². The maximum atomic E-state index is 12.3. The Labute approximate surface area is 161 Å². The first-order valence-electron chi connectivity index (χ1n) is 9.45. The number of hydrogen-bond donors (Lipinski definition) is 0. The number of ether oxygens (including phenoxy) is 1. The molecule has 1 aliphatic rings. The normalized spacial score (nSPS) is 21.9. The van der Waals surface area contributed by atoms with E-state index in [0.717, 1.165) is 42.6 Å². The van der Waals surface area contributed by atoms with E-state index < -0.39 is 5.41 Å². The smallest absolute Gasteiger partial charge is 0.219 e. The summed E-state index contributed by atoms with van der Waals surface area (Å²) in [7, 11) is 1.64. The largest absolute Gasteiger partial charge is 0.497 e. The number of amides is 1. The zero-order valence-corrected chi connectivity index (χ0v) is 16.0. The van der Waals surface area contributed by atoms with Gasteiger partial charge in [-0.15, -0.1) is 0 Å². The molecule has 2 aromatic rings. The van der Waals surface area contributed by atoms with Crippen LogP contribution >= 0.6 is 0 Å². The molecule has 0 radical (unpaired) electrons. The number of rotatable bonds is 5. The van der Waals surface area contributed by atoms with Crippen molar-refractivity contribution in [2.75, 3.05) is 7.11 Å². The molecule has 0 atom stereocenters. The van der Waals surface area contributed by atoms with Gasteiger partial charge in [-0.3, -0.25) is 4.79 Å². The van der Waals surface area contributed by atoms with E-state index in [1.807, 2.05) is 47.4 Å². The number of carbonyl (C=O) groups is 1. The van der Waals surface area contributed by atoms with E-state index in [4.69, 9.17) is 4.74 Å². The van der Waals surface area contributed by atoms with Crippen LogP contribution in [0.3, 0.4) is 0 Å². The fourth-order valence-electron chi connectivity index (χ4n) is 4.07. The van der Waals surface area contributed by atoms with Gasteiger partial charge in [-0.2, -0.15) is 5.26 Å². The molecule has 1 fully saturated rings. The summed E-state index contributed by atoms with van der Waals surface area (Å²) in [5.41, 5.74) is 1.65. The first-order chi connectivity index (χ1) is 13.1. The molecule has 3 rings (SSSR count). The van der Waals surface area contributed by atoms with Crippen molar-refractivity contribution in [2.45, 2.75) is 50.6 Å². The highest BCUT2D eigenvalue weighted by molar-refractivity contribution is 5.73. The second kappa shape index (κ2) is 8.26. The van der Waals surface area contributed by atoms with Crippen LogP contribution in [0.15, 0.2) is 54.6 Å². The zero-order chi connectivity index (χ0) is 19.3. The number of nitrogens with zero attached hydrogens (tertiary/aromatic N) is 2. The number of methoxy groups -OCH3 is 1. The second-order valence-electron chi connectivity index (χ2n) is 7.29. The Morgan fingerprint density at radius 3 is 2.48 bits per heavy atom. The maximum Gasteiger partial charge on any atom is 0.219 e. The maximum absolute atomic E-state index is 12.3. The highest BCUT2D eigenvalue weighted by atomic mass is 16.5. The molecular weight excluding hydrogens is 336 g/mol. The van der Waals surface area contributed by atoms with Crippen molar-refractivity contribution in [1.82, 2.24) is 4.90 Å². The fourth-order valence-corrected chi connectivity index (χ4v) is 4.07. The molecule has 1 amide bonds. The summed E-state index contributed by atoms with van der Waals surface area (Å²) >= 11 is 0. The summed E-state index contributed by atoms with van der Waals surface area (Å²) in [6.45, 7) is 2.26. The van der Waals surface area contributed by atoms with Crippen LogP contribution in [-0.4, -0.2) is 24.0 Å². The van der Waals surface area contributed by atoms with E-state index in [1.165, 1.54) is 0 Å². The Morgan fingerprint density at radius 2 is 1.89 bits per heavy atom. The molecule has 0 unspecified atom stereocenters. The van der Waals surface area contributed by atoms with Gasteiger partial charge in [-0.25, -0.2) is 0 Å². The molecule has 0 aromatic heterocycles. The van der Waals surface area contributed by atoms with Crippen LogP contribution in [-0.2, 0) is 16.8 Å². The summed E-state index contributed by atoms with van der Waals surface area (Å²) in [6.07, 6.45) is 3.16. The van der Waals surface area contributed by atoms with Crippen LogP contribution in [0.4, 0.5) is 0 Å². The van der Waals surface area contributed by atoms with Crippen LogP contribution in [0.5, 0.6) is 5.75 Å². The number of nitriles is 1. The summed E-state index contributed by atoms with van der Waals surface area (Å²) in [4.78, 5) is 14.2. The Hall–Kier alpha value is -2.80. The predicted octanol–water partition coefficient (Wildman–Crippen LogP) is 4.45. The minimum Gasteiger partial charge on any atom is -0.497 e. The standard InChI is InChI=1S/C23H26N2O2/c1-18(26)25(16-19-7-4-3-5-8-19)21-11-13-23(17-24,14-12-21)20-9-6-10-22(15-20)27-2/h3-10,15,21H,11-14,16H2,1-2H3/t21-,23-. The monoisotopic (exact) mass is 362 g/mol. The van der Waals surface area contributed by atoms with E-state index in [1.54, 1.807) is 14.0 Å². The average Bonchev–Trinajstić information content (AvgIpc) is 2.73. The van der Waals surface area contributed by atoms with Gasteiger partial charge in [-0.1, -0.05) is 42.5 Å². The van der Waals surface area contributed by atoms with Gasteiger partial charge < -0.3 is 9.64 Å². The van der Waals surface area contributed by atoms with Crippen molar-refractivity contribution in [3.63, 3.8) is 0 Å². The number of benzene rings is 2. The lowest BCUT2D eigenvalue weighted by Gasteiger charge is -2.40. The van der Waals surface area contributed by atoms with Gasteiger partial charge in [0, 0.05) is 19.5 Å². The van der Waals surface area contributed by atoms with Gasteiger partial charge in [0.25, 0.3) is 0 Å². The van der Waals surface area contributed by atoms with E-state index in [2.05, 4.69) is 18.2 Å². The quantitative estimate of drug-likeness (QED) is 0.790. The van der Waals surface area contributed by atoms with Gasteiger partial charge in [0.1, 0.15) is 5.75 Å². The van der Waals surface area contributed by atoms with Crippen molar-refractivity contribution >= 4 is 5.91 Å². The minimum atomic E-state index is -0.500. The molecule has 0 spiro atoms. The Kier molecular flexibility index (Phi) is 5.81. The molecule has 1 aliphatic carbocycles. The Balaban J connectivity index is 1.75. The van der Waals surface area contributed by atoms with Gasteiger partial charge in [0.05, 0.1) is 18.6 Å². The molecule has 0 aliphatic heterocycles. The third-order valence-electron chi connectivity index (χ3n) is 5.69. The molecule has 140 valence electrons. The first kappa shape index (κ1) is 19.0. The zero-order valence-electron chi connectivity index (χ0n) is 16.0. The molecule has 0 bridgehead atoms. The third kappa shape index (κ3) is 4.14. The lowest BCUT2D eigenvalue weighted by atomic mass is 9.69. The molecular formula is C23H26N2O2. The first-order valence-corrected chi connectivity index (χ1v) is 9.45. The molecule has 4 nitrogen and oxygen atoms in total. The fraction of sp³-hybridized carbons (Fsp3) is 0.391. The second-order valence-corrected chi connectivity index (χ2v) is 7.29. The molecule has 27 heavy (non-hydrogen) atoms. The van der Waals surface area contributed by atoms with Crippen molar-refractivity contribution in [3.05, 3.63) is 65.7 Å². The van der Waals surface area contributed by atoms with Gasteiger partial charge in [0.15, 0.2) is 0 Å². The molecule has 2 aromatic carbocycles. The molecule has 0 saturated heterocycles. The Bertz CT molecular complexity index is 818. The summed E-state index contributed by atoms with van der Waals surface area (Å²) in [5, 5.41) is 9.96. The summed E-state index contributed by atoms with van der Waals surface area (Å²) < 4.78 is 5.33. The van der Waals surface area contributed by atoms with Gasteiger partial charge >= 0.3 is 0 Å².